The lowest BCUT2D eigenvalue weighted by Gasteiger charge is -2.27. The van der Waals surface area contributed by atoms with E-state index in [9.17, 15) is 9.18 Å². The Morgan fingerprint density at radius 3 is 2.79 bits per heavy atom. The van der Waals surface area contributed by atoms with Crippen LogP contribution in [-0.4, -0.2) is 42.1 Å². The number of aromatic nitrogens is 1. The van der Waals surface area contributed by atoms with Gasteiger partial charge in [-0.3, -0.25) is 4.79 Å². The van der Waals surface area contributed by atoms with Crippen LogP contribution < -0.4 is 5.32 Å². The van der Waals surface area contributed by atoms with E-state index in [1.54, 1.807) is 24.4 Å². The maximum atomic E-state index is 13.1. The molecule has 0 atom stereocenters. The third-order valence-corrected chi connectivity index (χ3v) is 4.99. The number of fused-ring (bicyclic) bond motifs is 1. The summed E-state index contributed by atoms with van der Waals surface area (Å²) in [7, 11) is 0. The van der Waals surface area contributed by atoms with Gasteiger partial charge in [0.1, 0.15) is 12.5 Å². The minimum atomic E-state index is -0.518. The minimum Gasteiger partial charge on any atom is -0.378 e. The van der Waals surface area contributed by atoms with E-state index in [1.807, 2.05) is 36.1 Å². The van der Waals surface area contributed by atoms with Crippen molar-refractivity contribution in [3.63, 3.8) is 0 Å². The second kappa shape index (κ2) is 7.94. The number of rotatable bonds is 4. The number of alkyl halides is 1. The van der Waals surface area contributed by atoms with Crippen LogP contribution in [0, 0.1) is 6.92 Å². The molecule has 1 aromatic heterocycles. The van der Waals surface area contributed by atoms with Crippen LogP contribution in [-0.2, 0) is 11.4 Å². The van der Waals surface area contributed by atoms with Crippen LogP contribution in [0.1, 0.15) is 21.5 Å². The number of ether oxygens (including phenoxy) is 1. The second-order valence-electron chi connectivity index (χ2n) is 6.88. The molecule has 1 N–H and O–H groups in total. The van der Waals surface area contributed by atoms with Crippen molar-refractivity contribution in [2.24, 2.45) is 0 Å². The molecule has 2 aromatic carbocycles. The number of halogens is 1. The first-order chi connectivity index (χ1) is 13.7. The van der Waals surface area contributed by atoms with Gasteiger partial charge in [-0.05, 0) is 30.2 Å². The Balaban J connectivity index is 1.76. The lowest BCUT2D eigenvalue weighted by molar-refractivity contribution is 0.0304. The van der Waals surface area contributed by atoms with Gasteiger partial charge in [-0.15, -0.1) is 0 Å². The number of anilines is 2. The quantitative estimate of drug-likeness (QED) is 0.737. The Hall–Kier alpha value is -2.99. The molecule has 1 saturated heterocycles. The van der Waals surface area contributed by atoms with Gasteiger partial charge in [0.25, 0.3) is 5.91 Å². The van der Waals surface area contributed by atoms with Crippen LogP contribution >= 0.6 is 0 Å². The molecule has 0 saturated carbocycles. The van der Waals surface area contributed by atoms with Gasteiger partial charge < -0.3 is 15.0 Å². The summed E-state index contributed by atoms with van der Waals surface area (Å²) in [6.07, 6.45) is 1.63. The average Bonchev–Trinajstić information content (AvgIpc) is 2.74. The summed E-state index contributed by atoms with van der Waals surface area (Å²) in [5.74, 6) is 0.620. The van der Waals surface area contributed by atoms with Crippen molar-refractivity contribution >= 4 is 28.2 Å². The average molecular weight is 379 g/mol. The fraction of sp³-hybridized carbons (Fsp3) is 0.273. The third kappa shape index (κ3) is 3.55. The fourth-order valence-electron chi connectivity index (χ4n) is 3.55. The highest BCUT2D eigenvalue weighted by molar-refractivity contribution is 6.10. The molecule has 0 aliphatic carbocycles. The van der Waals surface area contributed by atoms with Gasteiger partial charge in [-0.25, -0.2) is 9.37 Å². The van der Waals surface area contributed by atoms with E-state index in [0.717, 1.165) is 22.0 Å². The maximum Gasteiger partial charge on any atom is 0.256 e. The number of benzene rings is 2. The van der Waals surface area contributed by atoms with Crippen LogP contribution in [0.4, 0.5) is 15.9 Å². The molecule has 0 spiro atoms. The van der Waals surface area contributed by atoms with E-state index in [4.69, 9.17) is 4.74 Å². The normalized spacial score (nSPS) is 14.3. The molecule has 1 aliphatic heterocycles. The number of carbonyl (C=O) groups is 1. The third-order valence-electron chi connectivity index (χ3n) is 4.99. The maximum absolute atomic E-state index is 13.1. The predicted octanol–water partition coefficient (Wildman–Crippen LogP) is 4.23. The van der Waals surface area contributed by atoms with Crippen molar-refractivity contribution < 1.29 is 13.9 Å². The van der Waals surface area contributed by atoms with Crippen LogP contribution in [0.15, 0.2) is 48.7 Å². The van der Waals surface area contributed by atoms with Crippen molar-refractivity contribution in [3.05, 3.63) is 65.4 Å². The van der Waals surface area contributed by atoms with Gasteiger partial charge in [0.05, 0.1) is 18.8 Å². The van der Waals surface area contributed by atoms with Crippen molar-refractivity contribution in [2.45, 2.75) is 13.6 Å². The molecule has 6 heteroatoms. The van der Waals surface area contributed by atoms with Gasteiger partial charge in [0, 0.05) is 35.7 Å². The zero-order valence-electron chi connectivity index (χ0n) is 15.7. The smallest absolute Gasteiger partial charge is 0.256 e. The molecule has 0 radical (unpaired) electrons. The van der Waals surface area contributed by atoms with Crippen LogP contribution in [0.25, 0.3) is 10.8 Å². The first kappa shape index (κ1) is 18.4. The van der Waals surface area contributed by atoms with Crippen LogP contribution in [0.3, 0.4) is 0 Å². The standard InChI is InChI=1S/C22H22FN3O2/c1-15-4-2-7-18-20(15)19(22(27)26-8-10-28-11-9-26)14-24-21(18)25-17-6-3-5-16(12-17)13-23/h2-7,12,14H,8-11,13H2,1H3,(H,24,25). The highest BCUT2D eigenvalue weighted by atomic mass is 19.1. The molecule has 0 bridgehead atoms. The summed E-state index contributed by atoms with van der Waals surface area (Å²) in [5, 5.41) is 5.02. The number of hydrogen-bond donors (Lipinski definition) is 1. The number of amides is 1. The number of hydrogen-bond acceptors (Lipinski definition) is 4. The summed E-state index contributed by atoms with van der Waals surface area (Å²) in [5.41, 5.74) is 2.97. The second-order valence-corrected chi connectivity index (χ2v) is 6.88. The predicted molar refractivity (Wildman–Crippen MR) is 108 cm³/mol. The Morgan fingerprint density at radius 2 is 2.00 bits per heavy atom. The van der Waals surface area contributed by atoms with Gasteiger partial charge in [0.2, 0.25) is 0 Å². The topological polar surface area (TPSA) is 54.5 Å². The molecular formula is C22H22FN3O2. The molecule has 144 valence electrons. The first-order valence-electron chi connectivity index (χ1n) is 9.34. The van der Waals surface area contributed by atoms with Crippen molar-refractivity contribution in [2.75, 3.05) is 31.6 Å². The molecule has 3 aromatic rings. The number of pyridine rings is 1. The van der Waals surface area contributed by atoms with Crippen LogP contribution in [0.5, 0.6) is 0 Å². The molecule has 0 unspecified atom stereocenters. The van der Waals surface area contributed by atoms with Gasteiger partial charge in [-0.1, -0.05) is 30.3 Å². The monoisotopic (exact) mass is 379 g/mol. The van der Waals surface area contributed by atoms with Gasteiger partial charge >= 0.3 is 0 Å². The molecule has 5 nitrogen and oxygen atoms in total. The van der Waals surface area contributed by atoms with E-state index in [-0.39, 0.29) is 5.91 Å². The minimum absolute atomic E-state index is 0.0268. The fourth-order valence-corrected chi connectivity index (χ4v) is 3.55. The van der Waals surface area contributed by atoms with E-state index in [2.05, 4.69) is 10.3 Å². The van der Waals surface area contributed by atoms with E-state index in [0.29, 0.717) is 43.2 Å². The molecule has 1 aliphatic rings. The van der Waals surface area contributed by atoms with E-state index >= 15 is 0 Å². The number of nitrogens with zero attached hydrogens (tertiary/aromatic N) is 2. The zero-order valence-corrected chi connectivity index (χ0v) is 15.7. The number of nitrogens with one attached hydrogen (secondary N) is 1. The molecule has 2 heterocycles. The Bertz CT molecular complexity index is 1020. The highest BCUT2D eigenvalue weighted by Gasteiger charge is 2.22. The van der Waals surface area contributed by atoms with Gasteiger partial charge in [0.15, 0.2) is 0 Å². The molecule has 1 fully saturated rings. The first-order valence-corrected chi connectivity index (χ1v) is 9.34. The molecule has 1 amide bonds. The lowest BCUT2D eigenvalue weighted by atomic mass is 10.0. The Morgan fingerprint density at radius 1 is 1.21 bits per heavy atom. The van der Waals surface area contributed by atoms with Crippen LogP contribution in [0.2, 0.25) is 0 Å². The van der Waals surface area contributed by atoms with E-state index in [1.165, 1.54) is 0 Å². The molecule has 4 rings (SSSR count). The van der Waals surface area contributed by atoms with E-state index < -0.39 is 6.67 Å². The van der Waals surface area contributed by atoms with Crippen molar-refractivity contribution in [1.82, 2.24) is 9.88 Å². The SMILES string of the molecule is Cc1cccc2c(Nc3cccc(CF)c3)ncc(C(=O)N3CCOCC3)c12. The summed E-state index contributed by atoms with van der Waals surface area (Å²) < 4.78 is 18.3. The van der Waals surface area contributed by atoms with Gasteiger partial charge in [-0.2, -0.15) is 0 Å². The summed E-state index contributed by atoms with van der Waals surface area (Å²) >= 11 is 0. The van der Waals surface area contributed by atoms with Crippen molar-refractivity contribution in [3.8, 4) is 0 Å². The Kier molecular flexibility index (Phi) is 5.21. The zero-order chi connectivity index (χ0) is 19.5. The number of aryl methyl sites for hydroxylation is 1. The lowest BCUT2D eigenvalue weighted by Crippen LogP contribution is -2.40. The summed E-state index contributed by atoms with van der Waals surface area (Å²) in [6.45, 7) is 3.76. The molecule has 28 heavy (non-hydrogen) atoms. The highest BCUT2D eigenvalue weighted by Crippen LogP contribution is 2.30. The largest absolute Gasteiger partial charge is 0.378 e. The number of morpholine rings is 1. The van der Waals surface area contributed by atoms with Crippen molar-refractivity contribution in [1.29, 1.82) is 0 Å². The number of carbonyl (C=O) groups excluding carboxylic acids is 1. The molecular weight excluding hydrogens is 357 g/mol. The Labute approximate surface area is 163 Å². The summed E-state index contributed by atoms with van der Waals surface area (Å²) in [6, 6.07) is 13.1. The summed E-state index contributed by atoms with van der Waals surface area (Å²) in [4.78, 5) is 19.4.